The van der Waals surface area contributed by atoms with E-state index in [1.165, 1.54) is 0 Å². The molecule has 17 heavy (non-hydrogen) atoms. The minimum Gasteiger partial charge on any atom is -0.330 e. The molecule has 0 bridgehead atoms. The SMILES string of the molecule is C#CCNCCn1ccnc1-c1ccccc1. The molecule has 0 aliphatic carbocycles. The second-order valence-electron chi connectivity index (χ2n) is 3.69. The van der Waals surface area contributed by atoms with Crippen LogP contribution in [0.25, 0.3) is 11.4 Å². The van der Waals surface area contributed by atoms with Crippen molar-refractivity contribution in [3.63, 3.8) is 0 Å². The molecule has 1 heterocycles. The Labute approximate surface area is 102 Å². The summed E-state index contributed by atoms with van der Waals surface area (Å²) in [6.45, 7) is 2.32. The average molecular weight is 225 g/mol. The van der Waals surface area contributed by atoms with Crippen molar-refractivity contribution in [1.29, 1.82) is 0 Å². The van der Waals surface area contributed by atoms with E-state index in [4.69, 9.17) is 6.42 Å². The summed E-state index contributed by atoms with van der Waals surface area (Å²) in [6.07, 6.45) is 8.99. The van der Waals surface area contributed by atoms with Crippen molar-refractivity contribution in [3.05, 3.63) is 42.7 Å². The number of benzene rings is 1. The smallest absolute Gasteiger partial charge is 0.139 e. The largest absolute Gasteiger partial charge is 0.330 e. The highest BCUT2D eigenvalue weighted by atomic mass is 15.1. The van der Waals surface area contributed by atoms with Crippen molar-refractivity contribution in [2.75, 3.05) is 13.1 Å². The number of nitrogens with one attached hydrogen (secondary N) is 1. The normalized spacial score (nSPS) is 10.1. The van der Waals surface area contributed by atoms with Gasteiger partial charge in [0.15, 0.2) is 0 Å². The van der Waals surface area contributed by atoms with E-state index in [0.29, 0.717) is 6.54 Å². The molecule has 0 saturated heterocycles. The van der Waals surface area contributed by atoms with E-state index in [0.717, 1.165) is 24.5 Å². The molecule has 2 aromatic rings. The second-order valence-corrected chi connectivity index (χ2v) is 3.69. The summed E-state index contributed by atoms with van der Waals surface area (Å²) < 4.78 is 2.12. The lowest BCUT2D eigenvalue weighted by molar-refractivity contribution is 0.633. The molecule has 2 rings (SSSR count). The molecule has 0 aliphatic heterocycles. The third-order valence-electron chi connectivity index (χ3n) is 2.50. The van der Waals surface area contributed by atoms with E-state index in [2.05, 4.69) is 32.9 Å². The van der Waals surface area contributed by atoms with Crippen LogP contribution in [0.4, 0.5) is 0 Å². The summed E-state index contributed by atoms with van der Waals surface area (Å²) in [5.41, 5.74) is 1.13. The summed E-state index contributed by atoms with van der Waals surface area (Å²) in [5, 5.41) is 3.17. The van der Waals surface area contributed by atoms with Crippen LogP contribution in [-0.2, 0) is 6.54 Å². The Morgan fingerprint density at radius 2 is 2.12 bits per heavy atom. The molecule has 0 radical (unpaired) electrons. The van der Waals surface area contributed by atoms with Gasteiger partial charge in [0.2, 0.25) is 0 Å². The lowest BCUT2D eigenvalue weighted by atomic mass is 10.2. The predicted molar refractivity (Wildman–Crippen MR) is 69.4 cm³/mol. The summed E-state index contributed by atoms with van der Waals surface area (Å²) in [4.78, 5) is 4.38. The number of nitrogens with zero attached hydrogens (tertiary/aromatic N) is 2. The Kier molecular flexibility index (Phi) is 3.95. The number of imidazole rings is 1. The topological polar surface area (TPSA) is 29.9 Å². The lowest BCUT2D eigenvalue weighted by Gasteiger charge is -2.07. The number of terminal acetylenes is 1. The molecule has 0 fully saturated rings. The zero-order valence-electron chi connectivity index (χ0n) is 9.63. The number of hydrogen-bond acceptors (Lipinski definition) is 2. The van der Waals surface area contributed by atoms with Gasteiger partial charge in [0.1, 0.15) is 5.82 Å². The predicted octanol–water partition coefficient (Wildman–Crippen LogP) is 1.77. The molecular weight excluding hydrogens is 210 g/mol. The Hall–Kier alpha value is -2.05. The first-order valence-electron chi connectivity index (χ1n) is 5.62. The summed E-state index contributed by atoms with van der Waals surface area (Å²) in [5.74, 6) is 3.55. The fourth-order valence-electron chi connectivity index (χ4n) is 1.70. The quantitative estimate of drug-likeness (QED) is 0.621. The van der Waals surface area contributed by atoms with Gasteiger partial charge in [-0.1, -0.05) is 36.3 Å². The van der Waals surface area contributed by atoms with Gasteiger partial charge < -0.3 is 9.88 Å². The van der Waals surface area contributed by atoms with Gasteiger partial charge in [-0.05, 0) is 0 Å². The van der Waals surface area contributed by atoms with Gasteiger partial charge in [-0.2, -0.15) is 0 Å². The van der Waals surface area contributed by atoms with Gasteiger partial charge in [0.25, 0.3) is 0 Å². The second kappa shape index (κ2) is 5.88. The molecule has 0 spiro atoms. The number of rotatable bonds is 5. The highest BCUT2D eigenvalue weighted by Gasteiger charge is 2.03. The monoisotopic (exact) mass is 225 g/mol. The van der Waals surface area contributed by atoms with E-state index < -0.39 is 0 Å². The molecule has 3 heteroatoms. The van der Waals surface area contributed by atoms with Crippen LogP contribution < -0.4 is 5.32 Å². The zero-order chi connectivity index (χ0) is 11.9. The van der Waals surface area contributed by atoms with Crippen LogP contribution in [0.2, 0.25) is 0 Å². The van der Waals surface area contributed by atoms with Gasteiger partial charge in [-0.25, -0.2) is 4.98 Å². The third-order valence-corrected chi connectivity index (χ3v) is 2.50. The third kappa shape index (κ3) is 2.96. The highest BCUT2D eigenvalue weighted by molar-refractivity contribution is 5.55. The first kappa shape index (κ1) is 11.4. The molecular formula is C14H15N3. The zero-order valence-corrected chi connectivity index (χ0v) is 9.63. The van der Waals surface area contributed by atoms with Crippen molar-refractivity contribution in [1.82, 2.24) is 14.9 Å². The maximum atomic E-state index is 5.18. The summed E-state index contributed by atoms with van der Waals surface area (Å²) in [6, 6.07) is 10.2. The summed E-state index contributed by atoms with van der Waals surface area (Å²) in [7, 11) is 0. The number of aromatic nitrogens is 2. The van der Waals surface area contributed by atoms with Crippen LogP contribution in [0.5, 0.6) is 0 Å². The van der Waals surface area contributed by atoms with E-state index in [1.807, 2.05) is 30.6 Å². The minimum absolute atomic E-state index is 0.607. The molecule has 0 aliphatic rings. The molecule has 3 nitrogen and oxygen atoms in total. The molecule has 86 valence electrons. The number of hydrogen-bond donors (Lipinski definition) is 1. The van der Waals surface area contributed by atoms with E-state index in [-0.39, 0.29) is 0 Å². The molecule has 0 unspecified atom stereocenters. The molecule has 0 amide bonds. The fraction of sp³-hybridized carbons (Fsp3) is 0.214. The first-order chi connectivity index (χ1) is 8.42. The van der Waals surface area contributed by atoms with Gasteiger partial charge in [0, 0.05) is 31.0 Å². The molecule has 1 aromatic carbocycles. The van der Waals surface area contributed by atoms with Crippen molar-refractivity contribution < 1.29 is 0 Å². The average Bonchev–Trinajstić information content (AvgIpc) is 2.84. The van der Waals surface area contributed by atoms with Gasteiger partial charge in [-0.3, -0.25) is 0 Å². The Morgan fingerprint density at radius 1 is 1.29 bits per heavy atom. The van der Waals surface area contributed by atoms with Gasteiger partial charge in [0.05, 0.1) is 6.54 Å². The standard InChI is InChI=1S/C14H15N3/c1-2-8-15-9-11-17-12-10-16-14(17)13-6-4-3-5-7-13/h1,3-7,10,12,15H,8-9,11H2. The van der Waals surface area contributed by atoms with E-state index >= 15 is 0 Å². The minimum atomic E-state index is 0.607. The van der Waals surface area contributed by atoms with Crippen LogP contribution in [0.3, 0.4) is 0 Å². The first-order valence-corrected chi connectivity index (χ1v) is 5.62. The van der Waals surface area contributed by atoms with Crippen LogP contribution in [-0.4, -0.2) is 22.6 Å². The highest BCUT2D eigenvalue weighted by Crippen LogP contribution is 2.16. The van der Waals surface area contributed by atoms with Gasteiger partial charge in [-0.15, -0.1) is 6.42 Å². The lowest BCUT2D eigenvalue weighted by Crippen LogP contribution is -2.20. The Balaban J connectivity index is 2.05. The molecule has 1 aromatic heterocycles. The van der Waals surface area contributed by atoms with Crippen molar-refractivity contribution >= 4 is 0 Å². The maximum Gasteiger partial charge on any atom is 0.139 e. The Bertz CT molecular complexity index is 494. The summed E-state index contributed by atoms with van der Waals surface area (Å²) >= 11 is 0. The van der Waals surface area contributed by atoms with Crippen molar-refractivity contribution in [2.24, 2.45) is 0 Å². The molecule has 1 N–H and O–H groups in total. The van der Waals surface area contributed by atoms with Crippen LogP contribution in [0.1, 0.15) is 0 Å². The fourth-order valence-corrected chi connectivity index (χ4v) is 1.70. The van der Waals surface area contributed by atoms with E-state index in [9.17, 15) is 0 Å². The van der Waals surface area contributed by atoms with Crippen LogP contribution in [0.15, 0.2) is 42.7 Å². The van der Waals surface area contributed by atoms with Crippen molar-refractivity contribution in [3.8, 4) is 23.7 Å². The maximum absolute atomic E-state index is 5.18. The van der Waals surface area contributed by atoms with Gasteiger partial charge >= 0.3 is 0 Å². The van der Waals surface area contributed by atoms with E-state index in [1.54, 1.807) is 0 Å². The molecule has 0 atom stereocenters. The van der Waals surface area contributed by atoms with Crippen LogP contribution in [0, 0.1) is 12.3 Å². The molecule has 0 saturated carbocycles. The Morgan fingerprint density at radius 3 is 2.88 bits per heavy atom. The van der Waals surface area contributed by atoms with Crippen LogP contribution >= 0.6 is 0 Å². The van der Waals surface area contributed by atoms with Crippen molar-refractivity contribution in [2.45, 2.75) is 6.54 Å².